The van der Waals surface area contributed by atoms with Crippen LogP contribution in [0.4, 0.5) is 0 Å². The van der Waals surface area contributed by atoms with Crippen LogP contribution in [-0.2, 0) is 9.59 Å². The summed E-state index contributed by atoms with van der Waals surface area (Å²) in [6.45, 7) is 0. The molecule has 3 radical (unpaired) electrons. The number of amides is 1. The van der Waals surface area contributed by atoms with Gasteiger partial charge in [-0.15, -0.1) is 0 Å². The van der Waals surface area contributed by atoms with Gasteiger partial charge in [-0.3, -0.25) is 9.59 Å². The maximum atomic E-state index is 9.40. The van der Waals surface area contributed by atoms with Crippen molar-refractivity contribution in [2.24, 2.45) is 0 Å². The fraction of sp³-hybridized carbons (Fsp3) is 0. The first kappa shape index (κ1) is 5.10. The van der Waals surface area contributed by atoms with E-state index in [2.05, 4.69) is 0 Å². The number of hydrogen-bond acceptors (Lipinski definition) is 2. The zero-order valence-electron chi connectivity index (χ0n) is 2.76. The van der Waals surface area contributed by atoms with E-state index in [9.17, 15) is 4.79 Å². The first-order valence-corrected chi connectivity index (χ1v) is 1.13. The van der Waals surface area contributed by atoms with Crippen molar-refractivity contribution in [3.05, 3.63) is 0 Å². The molecule has 0 aromatic carbocycles. The minimum absolute atomic E-state index is 0.865. The van der Waals surface area contributed by atoms with Gasteiger partial charge in [-0.05, 0) is 5.84 Å². The molecule has 0 aromatic heterocycles. The average molecular weight is 85.0 g/mol. The van der Waals surface area contributed by atoms with Crippen LogP contribution >= 0.6 is 0 Å². The van der Waals surface area contributed by atoms with Crippen LogP contribution in [0.25, 0.3) is 0 Å². The van der Waals surface area contributed by atoms with Crippen molar-refractivity contribution in [3.63, 3.8) is 0 Å². The largest absolute Gasteiger partial charge is 0.312 e. The smallest absolute Gasteiger partial charge is 0.279 e. The Morgan fingerprint density at radius 3 is 2.33 bits per heavy atom. The van der Waals surface area contributed by atoms with Crippen LogP contribution in [0.2, 0.25) is 0 Å². The van der Waals surface area contributed by atoms with E-state index in [1.54, 1.807) is 0 Å². The number of hydrogen-bond donors (Lipinski definition) is 1. The van der Waals surface area contributed by atoms with Gasteiger partial charge >= 0.3 is 5.91 Å². The molecule has 0 unspecified atom stereocenters. The van der Waals surface area contributed by atoms with Crippen molar-refractivity contribution in [2.75, 3.05) is 0 Å². The molecule has 0 aliphatic rings. The summed E-state index contributed by atoms with van der Waals surface area (Å²) in [4.78, 5) is 18.4. The topological polar surface area (TPSA) is 68.5 Å². The molecule has 0 rings (SSSR count). The predicted octanol–water partition coefficient (Wildman–Crippen LogP) is -1.80. The minimum Gasteiger partial charge on any atom is -0.279 e. The average Bonchev–Trinajstić information content (AvgIpc) is 1.65. The van der Waals surface area contributed by atoms with Gasteiger partial charge in [0, 0.05) is 0 Å². The highest BCUT2D eigenvalue weighted by atomic mass is 16.2. The molecule has 0 bridgehead atoms. The number of rotatable bonds is 1. The summed E-state index contributed by atoms with van der Waals surface area (Å²) in [5.74, 6) is 6.32. The van der Waals surface area contributed by atoms with Crippen molar-refractivity contribution in [2.45, 2.75) is 0 Å². The van der Waals surface area contributed by atoms with Crippen molar-refractivity contribution >= 4 is 12.2 Å². The molecule has 0 fully saturated rings. The molecule has 0 aliphatic heterocycles. The second kappa shape index (κ2) is 2.34. The van der Waals surface area contributed by atoms with Crippen molar-refractivity contribution in [1.29, 1.82) is 0 Å². The van der Waals surface area contributed by atoms with Gasteiger partial charge in [-0.2, -0.15) is 0 Å². The van der Waals surface area contributed by atoms with Crippen LogP contribution in [0.1, 0.15) is 0 Å². The van der Waals surface area contributed by atoms with Gasteiger partial charge in [0.25, 0.3) is 6.29 Å². The van der Waals surface area contributed by atoms with Gasteiger partial charge in [0.15, 0.2) is 0 Å². The predicted molar refractivity (Wildman–Crippen MR) is 16.0 cm³/mol. The third kappa shape index (κ3) is 1.42. The summed E-state index contributed by atoms with van der Waals surface area (Å²) in [5.41, 5.74) is 1.05. The molecule has 0 heterocycles. The molecular formula is C2HN2O2. The normalized spacial score (nSPS) is 6.83. The van der Waals surface area contributed by atoms with Gasteiger partial charge in [0.1, 0.15) is 0 Å². The Bertz CT molecular complexity index is 69.9. The van der Waals surface area contributed by atoms with E-state index < -0.39 is 5.91 Å². The summed E-state index contributed by atoms with van der Waals surface area (Å²) < 4.78 is 0. The third-order valence-corrected chi connectivity index (χ3v) is 0.194. The molecule has 31 valence electrons. The Labute approximate surface area is 34.3 Å². The highest BCUT2D eigenvalue weighted by Crippen LogP contribution is 1.41. The van der Waals surface area contributed by atoms with Gasteiger partial charge in [-0.1, -0.05) is 0 Å². The zero-order chi connectivity index (χ0) is 4.99. The molecule has 6 heavy (non-hydrogen) atoms. The van der Waals surface area contributed by atoms with Crippen LogP contribution in [0.5, 0.6) is 0 Å². The Morgan fingerprint density at radius 1 is 1.83 bits per heavy atom. The van der Waals surface area contributed by atoms with Gasteiger partial charge < -0.3 is 0 Å². The lowest BCUT2D eigenvalue weighted by molar-refractivity contribution is -0.115. The van der Waals surface area contributed by atoms with Crippen LogP contribution in [-0.4, -0.2) is 12.2 Å². The van der Waals surface area contributed by atoms with E-state index in [1.807, 2.05) is 0 Å². The van der Waals surface area contributed by atoms with Crippen LogP contribution < -0.4 is 11.3 Å². The third-order valence-electron chi connectivity index (χ3n) is 0.194. The van der Waals surface area contributed by atoms with Crippen molar-refractivity contribution < 1.29 is 9.59 Å². The Morgan fingerprint density at radius 2 is 2.33 bits per heavy atom. The highest BCUT2D eigenvalue weighted by molar-refractivity contribution is 6.23. The number of nitrogens with one attached hydrogen (secondary N) is 1. The van der Waals surface area contributed by atoms with Gasteiger partial charge in [0.05, 0.1) is 0 Å². The molecule has 0 aliphatic carbocycles. The second-order valence-corrected chi connectivity index (χ2v) is 0.543. The van der Waals surface area contributed by atoms with Crippen molar-refractivity contribution in [3.8, 4) is 0 Å². The summed E-state index contributed by atoms with van der Waals surface area (Å²) in [7, 11) is 0. The summed E-state index contributed by atoms with van der Waals surface area (Å²) in [6.07, 6.45) is 0.865. The molecule has 0 atom stereocenters. The Hall–Kier alpha value is -0.900. The number of nitrogens with zero attached hydrogens (tertiary/aromatic N) is 1. The van der Waals surface area contributed by atoms with E-state index in [0.717, 1.165) is 11.7 Å². The summed E-state index contributed by atoms with van der Waals surface area (Å²) >= 11 is 0. The SMILES string of the molecule is [N]NC(=O)[C]=O. The maximum Gasteiger partial charge on any atom is 0.312 e. The quantitative estimate of drug-likeness (QED) is 0.301. The summed E-state index contributed by atoms with van der Waals surface area (Å²) in [5, 5.41) is 0. The first-order chi connectivity index (χ1) is 2.81. The first-order valence-electron chi connectivity index (χ1n) is 1.13. The lowest BCUT2D eigenvalue weighted by Crippen LogP contribution is -2.20. The molecule has 0 saturated heterocycles. The van der Waals surface area contributed by atoms with E-state index >= 15 is 0 Å². The summed E-state index contributed by atoms with van der Waals surface area (Å²) in [6, 6.07) is 0. The maximum absolute atomic E-state index is 9.40. The lowest BCUT2D eigenvalue weighted by Gasteiger charge is -1.73. The van der Waals surface area contributed by atoms with Crippen LogP contribution in [0.15, 0.2) is 0 Å². The number of carbonyl (C=O) groups excluding carboxylic acids is 2. The monoisotopic (exact) mass is 85.0 g/mol. The molecule has 1 N–H and O–H groups in total. The lowest BCUT2D eigenvalue weighted by atomic mass is 10.7. The van der Waals surface area contributed by atoms with E-state index in [-0.39, 0.29) is 0 Å². The fourth-order valence-electron chi connectivity index (χ4n) is 0.0228. The van der Waals surface area contributed by atoms with Crippen LogP contribution in [0, 0.1) is 0 Å². The molecular weight excluding hydrogens is 84.0 g/mol. The van der Waals surface area contributed by atoms with Gasteiger partial charge in [-0.25, -0.2) is 5.43 Å². The van der Waals surface area contributed by atoms with E-state index in [4.69, 9.17) is 10.6 Å². The van der Waals surface area contributed by atoms with E-state index in [1.165, 1.54) is 0 Å². The molecule has 0 aromatic rings. The fourth-order valence-corrected chi connectivity index (χ4v) is 0.0228. The minimum atomic E-state index is -1.16. The molecule has 1 amide bonds. The molecule has 0 spiro atoms. The van der Waals surface area contributed by atoms with E-state index in [0.29, 0.717) is 0 Å². The zero-order valence-corrected chi connectivity index (χ0v) is 2.76. The highest BCUT2D eigenvalue weighted by Gasteiger charge is 1.90. The Kier molecular flexibility index (Phi) is 1.99. The van der Waals surface area contributed by atoms with Crippen LogP contribution in [0.3, 0.4) is 0 Å². The molecule has 4 nitrogen and oxygen atoms in total. The second-order valence-electron chi connectivity index (χ2n) is 0.543. The molecule has 4 heteroatoms. The van der Waals surface area contributed by atoms with Gasteiger partial charge in [0.2, 0.25) is 0 Å². The molecule has 0 saturated carbocycles. The number of carbonyl (C=O) groups is 1. The van der Waals surface area contributed by atoms with Crippen molar-refractivity contribution in [1.82, 2.24) is 11.3 Å². The Balaban J connectivity index is 3.23. The standard InChI is InChI=1S/C2HN2O2/c3-4-2(6)1-5/h(H,4,6).